The number of benzene rings is 1. The Labute approximate surface area is 128 Å². The van der Waals surface area contributed by atoms with Crippen LogP contribution in [0.5, 0.6) is 0 Å². The molecule has 0 bridgehead atoms. The number of aliphatic hydroxyl groups is 1. The molecule has 2 rings (SSSR count). The van der Waals surface area contributed by atoms with Gasteiger partial charge in [-0.2, -0.15) is 0 Å². The Balaban J connectivity index is 1.85. The topological polar surface area (TPSA) is 32.7 Å². The van der Waals surface area contributed by atoms with Gasteiger partial charge in [0.05, 0.1) is 12.7 Å². The van der Waals surface area contributed by atoms with Crippen molar-refractivity contribution in [3.63, 3.8) is 0 Å². The van der Waals surface area contributed by atoms with Gasteiger partial charge in [0.15, 0.2) is 0 Å². The predicted molar refractivity (Wildman–Crippen MR) is 86.4 cm³/mol. The number of hydrogen-bond acceptors (Lipinski definition) is 3. The molecule has 1 aliphatic carbocycles. The number of rotatable bonds is 9. The van der Waals surface area contributed by atoms with Crippen LogP contribution >= 0.6 is 0 Å². The molecule has 21 heavy (non-hydrogen) atoms. The van der Waals surface area contributed by atoms with E-state index in [1.165, 1.54) is 18.4 Å². The van der Waals surface area contributed by atoms with Crippen LogP contribution in [0.2, 0.25) is 0 Å². The van der Waals surface area contributed by atoms with Crippen molar-refractivity contribution in [2.75, 3.05) is 26.8 Å². The molecule has 0 spiro atoms. The maximum Gasteiger partial charge on any atom is 0.0802 e. The third kappa shape index (κ3) is 5.10. The molecule has 1 saturated carbocycles. The number of hydrogen-bond donors (Lipinski definition) is 1. The van der Waals surface area contributed by atoms with Gasteiger partial charge in [-0.05, 0) is 44.6 Å². The predicted octanol–water partition coefficient (Wildman–Crippen LogP) is 3.17. The van der Waals surface area contributed by atoms with E-state index in [2.05, 4.69) is 30.9 Å². The molecule has 0 radical (unpaired) electrons. The van der Waals surface area contributed by atoms with Gasteiger partial charge in [-0.3, -0.25) is 4.90 Å². The van der Waals surface area contributed by atoms with Gasteiger partial charge in [-0.15, -0.1) is 0 Å². The second-order valence-corrected chi connectivity index (χ2v) is 6.32. The molecule has 2 unspecified atom stereocenters. The fourth-order valence-electron chi connectivity index (χ4n) is 2.85. The fourth-order valence-corrected chi connectivity index (χ4v) is 2.85. The zero-order valence-corrected chi connectivity index (χ0v) is 13.6. The van der Waals surface area contributed by atoms with Crippen molar-refractivity contribution >= 4 is 0 Å². The van der Waals surface area contributed by atoms with E-state index in [0.717, 1.165) is 37.6 Å². The minimum Gasteiger partial charge on any atom is -0.388 e. The average molecular weight is 291 g/mol. The first kappa shape index (κ1) is 16.5. The molecule has 3 nitrogen and oxygen atoms in total. The summed E-state index contributed by atoms with van der Waals surface area (Å²) in [7, 11) is 1.75. The number of ether oxygens (including phenoxy) is 1. The molecule has 0 saturated heterocycles. The summed E-state index contributed by atoms with van der Waals surface area (Å²) >= 11 is 0. The molecule has 1 aromatic carbocycles. The summed E-state index contributed by atoms with van der Waals surface area (Å²) in [6.07, 6.45) is 3.11. The van der Waals surface area contributed by atoms with Crippen molar-refractivity contribution in [1.82, 2.24) is 4.90 Å². The Kier molecular flexibility index (Phi) is 6.22. The van der Waals surface area contributed by atoms with Crippen LogP contribution in [0.1, 0.15) is 43.4 Å². The summed E-state index contributed by atoms with van der Waals surface area (Å²) in [5, 5.41) is 10.4. The lowest BCUT2D eigenvalue weighted by molar-refractivity contribution is 0.0917. The Morgan fingerprint density at radius 1 is 1.24 bits per heavy atom. The van der Waals surface area contributed by atoms with Gasteiger partial charge in [-0.1, -0.05) is 29.8 Å². The van der Waals surface area contributed by atoms with E-state index in [0.29, 0.717) is 6.04 Å². The highest BCUT2D eigenvalue weighted by Crippen LogP contribution is 2.35. The highest BCUT2D eigenvalue weighted by Gasteiger charge is 2.31. The molecule has 1 N–H and O–H groups in total. The number of aliphatic hydroxyl groups excluding tert-OH is 1. The first-order valence-electron chi connectivity index (χ1n) is 8.09. The Morgan fingerprint density at radius 2 is 1.90 bits per heavy atom. The van der Waals surface area contributed by atoms with Gasteiger partial charge in [0.2, 0.25) is 0 Å². The van der Waals surface area contributed by atoms with Gasteiger partial charge in [0, 0.05) is 26.2 Å². The van der Waals surface area contributed by atoms with E-state index in [1.54, 1.807) is 7.11 Å². The highest BCUT2D eigenvalue weighted by atomic mass is 16.5. The molecule has 3 heteroatoms. The lowest BCUT2D eigenvalue weighted by Crippen LogP contribution is -2.38. The van der Waals surface area contributed by atoms with Crippen molar-refractivity contribution < 1.29 is 9.84 Å². The van der Waals surface area contributed by atoms with Crippen molar-refractivity contribution in [2.24, 2.45) is 5.92 Å². The smallest absolute Gasteiger partial charge is 0.0802 e. The van der Waals surface area contributed by atoms with Crippen molar-refractivity contribution in [3.05, 3.63) is 35.4 Å². The van der Waals surface area contributed by atoms with E-state index in [9.17, 15) is 5.11 Å². The zero-order chi connectivity index (χ0) is 15.2. The Hall–Kier alpha value is -0.900. The van der Waals surface area contributed by atoms with Gasteiger partial charge in [0.1, 0.15) is 0 Å². The molecule has 0 aromatic heterocycles. The van der Waals surface area contributed by atoms with Crippen molar-refractivity contribution in [1.29, 1.82) is 0 Å². The van der Waals surface area contributed by atoms with Crippen LogP contribution in [-0.2, 0) is 4.74 Å². The summed E-state index contributed by atoms with van der Waals surface area (Å²) < 4.78 is 5.22. The first-order chi connectivity index (χ1) is 10.1. The summed E-state index contributed by atoms with van der Waals surface area (Å²) in [6.45, 7) is 7.02. The van der Waals surface area contributed by atoms with Crippen LogP contribution in [-0.4, -0.2) is 42.9 Å². The quantitative estimate of drug-likeness (QED) is 0.758. The van der Waals surface area contributed by atoms with Gasteiger partial charge in [0.25, 0.3) is 0 Å². The van der Waals surface area contributed by atoms with Gasteiger partial charge in [-0.25, -0.2) is 0 Å². The molecule has 2 atom stereocenters. The van der Waals surface area contributed by atoms with Gasteiger partial charge >= 0.3 is 0 Å². The number of aryl methyl sites for hydroxylation is 1. The van der Waals surface area contributed by atoms with E-state index < -0.39 is 0 Å². The molecular formula is C18H29NO2. The first-order valence-corrected chi connectivity index (χ1v) is 8.09. The van der Waals surface area contributed by atoms with Crippen LogP contribution < -0.4 is 0 Å². The molecule has 0 heterocycles. The zero-order valence-electron chi connectivity index (χ0n) is 13.6. The van der Waals surface area contributed by atoms with Crippen molar-refractivity contribution in [2.45, 2.75) is 45.3 Å². The number of nitrogens with zero attached hydrogens (tertiary/aromatic N) is 1. The van der Waals surface area contributed by atoms with E-state index >= 15 is 0 Å². The third-order valence-electron chi connectivity index (χ3n) is 4.61. The monoisotopic (exact) mass is 291 g/mol. The normalized spacial score (nSPS) is 18.0. The fraction of sp³-hybridized carbons (Fsp3) is 0.667. The average Bonchev–Trinajstić information content (AvgIpc) is 3.32. The molecular weight excluding hydrogens is 262 g/mol. The SMILES string of the molecule is COCCN(CCC(O)c1ccc(C)cc1)C(C)C1CC1. The molecule has 1 fully saturated rings. The second kappa shape index (κ2) is 7.92. The van der Waals surface area contributed by atoms with E-state index in [-0.39, 0.29) is 6.10 Å². The molecule has 118 valence electrons. The van der Waals surface area contributed by atoms with Crippen molar-refractivity contribution in [3.8, 4) is 0 Å². The number of methoxy groups -OCH3 is 1. The highest BCUT2D eigenvalue weighted by molar-refractivity contribution is 5.23. The largest absolute Gasteiger partial charge is 0.388 e. The third-order valence-corrected chi connectivity index (χ3v) is 4.61. The summed E-state index contributed by atoms with van der Waals surface area (Å²) in [4.78, 5) is 2.47. The standard InChI is InChI=1S/C18H29NO2/c1-14-4-6-17(7-5-14)18(20)10-11-19(12-13-21-3)15(2)16-8-9-16/h4-7,15-16,18,20H,8-13H2,1-3H3. The Bertz CT molecular complexity index is 414. The lowest BCUT2D eigenvalue weighted by atomic mass is 10.0. The van der Waals surface area contributed by atoms with Crippen LogP contribution in [0, 0.1) is 12.8 Å². The summed E-state index contributed by atoms with van der Waals surface area (Å²) in [6, 6.07) is 8.79. The van der Waals surface area contributed by atoms with E-state index in [4.69, 9.17) is 4.74 Å². The molecule has 1 aliphatic rings. The minimum atomic E-state index is -0.373. The van der Waals surface area contributed by atoms with Crippen LogP contribution in [0.3, 0.4) is 0 Å². The molecule has 1 aromatic rings. The lowest BCUT2D eigenvalue weighted by Gasteiger charge is -2.29. The van der Waals surface area contributed by atoms with E-state index in [1.807, 2.05) is 12.1 Å². The van der Waals surface area contributed by atoms with Gasteiger partial charge < -0.3 is 9.84 Å². The summed E-state index contributed by atoms with van der Waals surface area (Å²) in [5.74, 6) is 0.846. The molecule has 0 aliphatic heterocycles. The maximum atomic E-state index is 10.4. The van der Waals surface area contributed by atoms with Crippen LogP contribution in [0.25, 0.3) is 0 Å². The Morgan fingerprint density at radius 3 is 2.48 bits per heavy atom. The minimum absolute atomic E-state index is 0.373. The molecule has 0 amide bonds. The summed E-state index contributed by atoms with van der Waals surface area (Å²) in [5.41, 5.74) is 2.25. The second-order valence-electron chi connectivity index (χ2n) is 6.32. The maximum absolute atomic E-state index is 10.4. The van der Waals surface area contributed by atoms with Crippen LogP contribution in [0.4, 0.5) is 0 Å². The van der Waals surface area contributed by atoms with Crippen LogP contribution in [0.15, 0.2) is 24.3 Å².